The van der Waals surface area contributed by atoms with Crippen molar-refractivity contribution in [2.45, 2.75) is 40.7 Å². The normalized spacial score (nSPS) is 22.8. The summed E-state index contributed by atoms with van der Waals surface area (Å²) in [6.45, 7) is 11.1. The summed E-state index contributed by atoms with van der Waals surface area (Å²) in [6, 6.07) is 5.47. The molecule has 1 aromatic carbocycles. The summed E-state index contributed by atoms with van der Waals surface area (Å²) in [4.78, 5) is 0. The first-order valence-electron chi connectivity index (χ1n) is 6.67. The van der Waals surface area contributed by atoms with Crippen molar-refractivity contribution in [3.05, 3.63) is 35.1 Å². The van der Waals surface area contributed by atoms with E-state index in [1.165, 1.54) is 0 Å². The molecule has 1 fully saturated rings. The van der Waals surface area contributed by atoms with Gasteiger partial charge in [0.25, 0.3) is 0 Å². The molecular weight excluding hydrogens is 225 g/mol. The van der Waals surface area contributed by atoms with Gasteiger partial charge in [0.2, 0.25) is 0 Å². The van der Waals surface area contributed by atoms with Crippen LogP contribution in [0.25, 0.3) is 0 Å². The van der Waals surface area contributed by atoms with Gasteiger partial charge in [-0.3, -0.25) is 0 Å². The third kappa shape index (κ3) is 1.78. The minimum atomic E-state index is -0.0987. The van der Waals surface area contributed by atoms with E-state index < -0.39 is 0 Å². The van der Waals surface area contributed by atoms with Crippen LogP contribution in [0, 0.1) is 29.5 Å². The van der Waals surface area contributed by atoms with E-state index in [9.17, 15) is 4.39 Å². The number of rotatable bonds is 3. The highest BCUT2D eigenvalue weighted by molar-refractivity contribution is 5.31. The number of hydrogen-bond donors (Lipinski definition) is 1. The van der Waals surface area contributed by atoms with Gasteiger partial charge < -0.3 is 5.32 Å². The molecule has 100 valence electrons. The van der Waals surface area contributed by atoms with Crippen LogP contribution in [0.5, 0.6) is 0 Å². The average Bonchev–Trinajstić information content (AvgIpc) is 2.67. The monoisotopic (exact) mass is 249 g/mol. The van der Waals surface area contributed by atoms with Crippen LogP contribution >= 0.6 is 0 Å². The number of nitrogens with one attached hydrogen (secondary N) is 1. The number of halogens is 1. The lowest BCUT2D eigenvalue weighted by molar-refractivity contribution is 0.421. The molecule has 1 nitrogen and oxygen atoms in total. The van der Waals surface area contributed by atoms with E-state index >= 15 is 0 Å². The summed E-state index contributed by atoms with van der Waals surface area (Å²) in [6.07, 6.45) is 0. The quantitative estimate of drug-likeness (QED) is 0.851. The zero-order chi connectivity index (χ0) is 13.7. The second-order valence-corrected chi connectivity index (χ2v) is 6.71. The maximum absolute atomic E-state index is 14.1. The summed E-state index contributed by atoms with van der Waals surface area (Å²) in [5.41, 5.74) is 2.41. The van der Waals surface area contributed by atoms with Gasteiger partial charge in [-0.05, 0) is 36.8 Å². The largest absolute Gasteiger partial charge is 0.313 e. The van der Waals surface area contributed by atoms with E-state index in [4.69, 9.17) is 0 Å². The van der Waals surface area contributed by atoms with Gasteiger partial charge in [-0.15, -0.1) is 0 Å². The maximum atomic E-state index is 14.1. The van der Waals surface area contributed by atoms with Crippen LogP contribution in [-0.2, 0) is 0 Å². The van der Waals surface area contributed by atoms with E-state index in [2.05, 4.69) is 33.0 Å². The van der Waals surface area contributed by atoms with Gasteiger partial charge in [0.05, 0.1) is 0 Å². The molecule has 1 aromatic rings. The van der Waals surface area contributed by atoms with Crippen molar-refractivity contribution in [1.82, 2.24) is 5.32 Å². The van der Waals surface area contributed by atoms with E-state index in [0.29, 0.717) is 5.92 Å². The van der Waals surface area contributed by atoms with Gasteiger partial charge in [-0.1, -0.05) is 45.4 Å². The molecule has 1 aliphatic rings. The Bertz CT molecular complexity index is 448. The SMILES string of the molecule is CNC(c1cc(C)ccc1F)C1C(C)(C)C1(C)C. The van der Waals surface area contributed by atoms with Crippen LogP contribution in [0.3, 0.4) is 0 Å². The van der Waals surface area contributed by atoms with Crippen LogP contribution < -0.4 is 5.32 Å². The van der Waals surface area contributed by atoms with E-state index in [0.717, 1.165) is 11.1 Å². The molecule has 1 aliphatic carbocycles. The molecule has 0 radical (unpaired) electrons. The van der Waals surface area contributed by atoms with Crippen LogP contribution in [0.4, 0.5) is 4.39 Å². The van der Waals surface area contributed by atoms with Crippen molar-refractivity contribution < 1.29 is 4.39 Å². The van der Waals surface area contributed by atoms with Crippen molar-refractivity contribution in [3.63, 3.8) is 0 Å². The van der Waals surface area contributed by atoms with Crippen molar-refractivity contribution >= 4 is 0 Å². The van der Waals surface area contributed by atoms with Gasteiger partial charge >= 0.3 is 0 Å². The molecule has 0 amide bonds. The highest BCUT2D eigenvalue weighted by atomic mass is 19.1. The number of aryl methyl sites for hydroxylation is 1. The Morgan fingerprint density at radius 3 is 2.17 bits per heavy atom. The second-order valence-electron chi connectivity index (χ2n) is 6.71. The lowest BCUT2D eigenvalue weighted by Gasteiger charge is -2.20. The van der Waals surface area contributed by atoms with Gasteiger partial charge in [0.1, 0.15) is 5.82 Å². The third-order valence-electron chi connectivity index (χ3n) is 5.26. The standard InChI is InChI=1S/C16H24FN/c1-10-7-8-12(17)11(9-10)13(18-6)14-15(2,3)16(14,4)5/h7-9,13-14,18H,1-6H3. The number of hydrogen-bond acceptors (Lipinski definition) is 1. The lowest BCUT2D eigenvalue weighted by atomic mass is 9.95. The minimum Gasteiger partial charge on any atom is -0.313 e. The summed E-state index contributed by atoms with van der Waals surface area (Å²) in [5.74, 6) is 0.366. The molecule has 0 aromatic heterocycles. The molecule has 1 N–H and O–H groups in total. The summed E-state index contributed by atoms with van der Waals surface area (Å²) in [5, 5.41) is 3.32. The average molecular weight is 249 g/mol. The first-order valence-corrected chi connectivity index (χ1v) is 6.67. The zero-order valence-corrected chi connectivity index (χ0v) is 12.3. The van der Waals surface area contributed by atoms with Crippen molar-refractivity contribution in [1.29, 1.82) is 0 Å². The Hall–Kier alpha value is -0.890. The highest BCUT2D eigenvalue weighted by Crippen LogP contribution is 2.72. The van der Waals surface area contributed by atoms with Crippen LogP contribution in [0.15, 0.2) is 18.2 Å². The Kier molecular flexibility index (Phi) is 3.05. The predicted octanol–water partition coefficient (Wildman–Crippen LogP) is 4.08. The van der Waals surface area contributed by atoms with Gasteiger partial charge in [0.15, 0.2) is 0 Å². The Labute approximate surface area is 110 Å². The molecule has 18 heavy (non-hydrogen) atoms. The van der Waals surface area contributed by atoms with Crippen LogP contribution in [0.1, 0.15) is 44.9 Å². The fourth-order valence-corrected chi connectivity index (χ4v) is 3.48. The third-order valence-corrected chi connectivity index (χ3v) is 5.26. The van der Waals surface area contributed by atoms with Gasteiger partial charge in [0, 0.05) is 11.6 Å². The van der Waals surface area contributed by atoms with Crippen LogP contribution in [-0.4, -0.2) is 7.05 Å². The van der Waals surface area contributed by atoms with Crippen molar-refractivity contribution in [3.8, 4) is 0 Å². The van der Waals surface area contributed by atoms with Crippen molar-refractivity contribution in [2.24, 2.45) is 16.7 Å². The Morgan fingerprint density at radius 1 is 1.17 bits per heavy atom. The summed E-state index contributed by atoms with van der Waals surface area (Å²) in [7, 11) is 1.93. The maximum Gasteiger partial charge on any atom is 0.128 e. The van der Waals surface area contributed by atoms with Gasteiger partial charge in [-0.25, -0.2) is 4.39 Å². The summed E-state index contributed by atoms with van der Waals surface area (Å²) < 4.78 is 14.1. The summed E-state index contributed by atoms with van der Waals surface area (Å²) >= 11 is 0. The molecule has 1 unspecified atom stereocenters. The predicted molar refractivity (Wildman–Crippen MR) is 74.0 cm³/mol. The molecule has 1 saturated carbocycles. The van der Waals surface area contributed by atoms with Crippen LogP contribution in [0.2, 0.25) is 0 Å². The molecule has 0 spiro atoms. The van der Waals surface area contributed by atoms with Crippen molar-refractivity contribution in [2.75, 3.05) is 7.05 Å². The smallest absolute Gasteiger partial charge is 0.128 e. The van der Waals surface area contributed by atoms with Gasteiger partial charge in [-0.2, -0.15) is 0 Å². The fraction of sp³-hybridized carbons (Fsp3) is 0.625. The highest BCUT2D eigenvalue weighted by Gasteiger charge is 2.67. The lowest BCUT2D eigenvalue weighted by Crippen LogP contribution is -2.22. The molecule has 0 saturated heterocycles. The van der Waals surface area contributed by atoms with E-state index in [1.807, 2.05) is 26.1 Å². The first-order chi connectivity index (χ1) is 8.23. The fourth-order valence-electron chi connectivity index (χ4n) is 3.48. The molecule has 2 heteroatoms. The van der Waals surface area contributed by atoms with E-state index in [1.54, 1.807) is 6.07 Å². The molecule has 0 bridgehead atoms. The zero-order valence-electron chi connectivity index (χ0n) is 12.3. The van der Waals surface area contributed by atoms with E-state index in [-0.39, 0.29) is 22.7 Å². The second kappa shape index (κ2) is 4.06. The molecule has 2 rings (SSSR count). The first kappa shape index (κ1) is 13.5. The molecule has 0 heterocycles. The molecular formula is C16H24FN. The topological polar surface area (TPSA) is 12.0 Å². The molecule has 0 aliphatic heterocycles. The minimum absolute atomic E-state index is 0.0925. The molecule has 1 atom stereocenters. The Morgan fingerprint density at radius 2 is 1.72 bits per heavy atom. The Balaban J connectivity index is 2.39. The number of benzene rings is 1.